The summed E-state index contributed by atoms with van der Waals surface area (Å²) in [6, 6.07) is 9.19. The maximum atomic E-state index is 12.7. The summed E-state index contributed by atoms with van der Waals surface area (Å²) in [5.74, 6) is 0.348. The molecule has 1 N–H and O–H groups in total. The summed E-state index contributed by atoms with van der Waals surface area (Å²) in [7, 11) is 0. The van der Waals surface area contributed by atoms with Crippen molar-refractivity contribution in [3.8, 4) is 0 Å². The molecule has 3 heterocycles. The number of nitrogens with zero attached hydrogens (tertiary/aromatic N) is 4. The van der Waals surface area contributed by atoms with Gasteiger partial charge in [-0.1, -0.05) is 39.0 Å². The summed E-state index contributed by atoms with van der Waals surface area (Å²) in [6.45, 7) is 6.77. The number of carbonyl (C=O) groups excluding carboxylic acids is 1. The van der Waals surface area contributed by atoms with E-state index >= 15 is 0 Å². The quantitative estimate of drug-likeness (QED) is 0.529. The van der Waals surface area contributed by atoms with Crippen LogP contribution in [0.1, 0.15) is 37.6 Å². The Bertz CT molecular complexity index is 1340. The number of para-hydroxylation sites is 1. The highest BCUT2D eigenvalue weighted by atomic mass is 32.1. The average molecular weight is 436 g/mol. The number of aromatic nitrogens is 4. The number of benzene rings is 1. The van der Waals surface area contributed by atoms with Gasteiger partial charge in [-0.05, 0) is 48.3 Å². The lowest BCUT2D eigenvalue weighted by Gasteiger charge is -2.33. The van der Waals surface area contributed by atoms with E-state index in [0.29, 0.717) is 17.3 Å². The Morgan fingerprint density at radius 2 is 2.03 bits per heavy atom. The molecule has 1 amide bonds. The van der Waals surface area contributed by atoms with Crippen LogP contribution in [-0.2, 0) is 24.2 Å². The van der Waals surface area contributed by atoms with Crippen molar-refractivity contribution in [2.24, 2.45) is 11.3 Å². The van der Waals surface area contributed by atoms with Crippen LogP contribution in [-0.4, -0.2) is 25.1 Å². The van der Waals surface area contributed by atoms with E-state index in [9.17, 15) is 9.59 Å². The van der Waals surface area contributed by atoms with Crippen molar-refractivity contribution in [2.45, 2.75) is 46.6 Å². The first-order valence-electron chi connectivity index (χ1n) is 10.5. The summed E-state index contributed by atoms with van der Waals surface area (Å²) in [4.78, 5) is 36.4. The molecular weight excluding hydrogens is 410 g/mol. The molecule has 1 aromatic carbocycles. The molecule has 4 aromatic rings. The highest BCUT2D eigenvalue weighted by Gasteiger charge is 2.32. The van der Waals surface area contributed by atoms with Gasteiger partial charge >= 0.3 is 5.69 Å². The SMILES string of the molecule is CC(C)(C)[C@@H]1CCc2c(sc3ncn4c(nc(=O)n4CC(=O)Nc4ccccc4)c23)C1. The Morgan fingerprint density at radius 3 is 2.77 bits per heavy atom. The highest BCUT2D eigenvalue weighted by Crippen LogP contribution is 2.43. The smallest absolute Gasteiger partial charge is 0.324 e. The van der Waals surface area contributed by atoms with Gasteiger partial charge in [0, 0.05) is 10.6 Å². The van der Waals surface area contributed by atoms with Crippen molar-refractivity contribution in [3.05, 3.63) is 57.6 Å². The summed E-state index contributed by atoms with van der Waals surface area (Å²) >= 11 is 1.71. The minimum atomic E-state index is -0.444. The summed E-state index contributed by atoms with van der Waals surface area (Å²) in [5.41, 5.74) is 2.37. The van der Waals surface area contributed by atoms with Crippen LogP contribution >= 0.6 is 11.3 Å². The van der Waals surface area contributed by atoms with Crippen LogP contribution in [0.5, 0.6) is 0 Å². The Hall–Kier alpha value is -3.00. The molecule has 0 unspecified atom stereocenters. The van der Waals surface area contributed by atoms with Crippen LogP contribution in [0.15, 0.2) is 41.5 Å². The van der Waals surface area contributed by atoms with E-state index in [1.54, 1.807) is 22.2 Å². The molecule has 3 aromatic heterocycles. The van der Waals surface area contributed by atoms with Crippen molar-refractivity contribution in [1.82, 2.24) is 19.2 Å². The lowest BCUT2D eigenvalue weighted by Crippen LogP contribution is -2.28. The van der Waals surface area contributed by atoms with Gasteiger partial charge in [-0.15, -0.1) is 11.3 Å². The van der Waals surface area contributed by atoms with Crippen molar-refractivity contribution < 1.29 is 4.79 Å². The number of thiophene rings is 1. The topological polar surface area (TPSA) is 81.3 Å². The van der Waals surface area contributed by atoms with Crippen molar-refractivity contribution in [2.75, 3.05) is 5.32 Å². The summed E-state index contributed by atoms with van der Waals surface area (Å²) < 4.78 is 2.96. The van der Waals surface area contributed by atoms with E-state index in [1.165, 1.54) is 15.1 Å². The summed E-state index contributed by atoms with van der Waals surface area (Å²) in [5, 5.41) is 3.78. The van der Waals surface area contributed by atoms with Crippen molar-refractivity contribution in [1.29, 1.82) is 0 Å². The van der Waals surface area contributed by atoms with Gasteiger partial charge in [0.25, 0.3) is 0 Å². The van der Waals surface area contributed by atoms with Crippen LogP contribution in [0.4, 0.5) is 5.69 Å². The number of hydrogen-bond donors (Lipinski definition) is 1. The number of rotatable bonds is 3. The largest absolute Gasteiger partial charge is 0.365 e. The van der Waals surface area contributed by atoms with E-state index in [1.807, 2.05) is 30.3 Å². The molecule has 0 fully saturated rings. The zero-order valence-corrected chi connectivity index (χ0v) is 18.7. The number of nitrogens with one attached hydrogen (secondary N) is 1. The van der Waals surface area contributed by atoms with E-state index in [4.69, 9.17) is 0 Å². The Labute approximate surface area is 183 Å². The molecule has 1 aliphatic carbocycles. The standard InChI is InChI=1S/C23H25N5O2S/c1-23(2,3)14-9-10-16-17(11-14)31-21-19(16)20-26-22(30)27(28(20)13-24-21)12-18(29)25-15-7-5-4-6-8-15/h4-8,13-14H,9-12H2,1-3H3,(H,25,29)/t14-/m1/s1. The molecule has 160 valence electrons. The number of fused-ring (bicyclic) bond motifs is 5. The molecule has 0 aliphatic heterocycles. The number of carbonyl (C=O) groups is 1. The predicted molar refractivity (Wildman–Crippen MR) is 123 cm³/mol. The molecule has 31 heavy (non-hydrogen) atoms. The van der Waals surface area contributed by atoms with Gasteiger partial charge in [-0.3, -0.25) is 4.79 Å². The molecule has 5 rings (SSSR count). The van der Waals surface area contributed by atoms with Gasteiger partial charge in [0.15, 0.2) is 5.65 Å². The van der Waals surface area contributed by atoms with Gasteiger partial charge in [0.1, 0.15) is 17.7 Å². The van der Waals surface area contributed by atoms with E-state index in [-0.39, 0.29) is 17.9 Å². The first-order valence-corrected chi connectivity index (χ1v) is 11.4. The molecular formula is C23H25N5O2S. The molecule has 0 saturated carbocycles. The Balaban J connectivity index is 1.52. The molecule has 0 saturated heterocycles. The maximum absolute atomic E-state index is 12.7. The molecule has 0 bridgehead atoms. The fraction of sp³-hybridized carbons (Fsp3) is 0.391. The maximum Gasteiger partial charge on any atom is 0.365 e. The second-order valence-corrected chi connectivity index (χ2v) is 10.4. The van der Waals surface area contributed by atoms with Crippen molar-refractivity contribution >= 4 is 38.8 Å². The fourth-order valence-corrected chi connectivity index (χ4v) is 5.70. The predicted octanol–water partition coefficient (Wildman–Crippen LogP) is 3.90. The first kappa shape index (κ1) is 19.9. The number of amides is 1. The minimum absolute atomic E-state index is 0.124. The average Bonchev–Trinajstić information content (AvgIpc) is 3.25. The van der Waals surface area contributed by atoms with E-state index < -0.39 is 5.69 Å². The van der Waals surface area contributed by atoms with Crippen LogP contribution in [0, 0.1) is 11.3 Å². The number of hydrogen-bond acceptors (Lipinski definition) is 5. The zero-order valence-electron chi connectivity index (χ0n) is 17.9. The molecule has 0 spiro atoms. The monoisotopic (exact) mass is 435 g/mol. The second-order valence-electron chi connectivity index (χ2n) is 9.27. The molecule has 1 aliphatic rings. The van der Waals surface area contributed by atoms with Crippen LogP contribution in [0.25, 0.3) is 15.9 Å². The van der Waals surface area contributed by atoms with Gasteiger partial charge in [0.2, 0.25) is 5.91 Å². The first-order chi connectivity index (χ1) is 14.8. The van der Waals surface area contributed by atoms with E-state index in [2.05, 4.69) is 36.1 Å². The third-order valence-corrected chi connectivity index (χ3v) is 7.39. The molecule has 7 nitrogen and oxygen atoms in total. The van der Waals surface area contributed by atoms with E-state index in [0.717, 1.165) is 29.5 Å². The number of anilines is 1. The van der Waals surface area contributed by atoms with Gasteiger partial charge in [-0.25, -0.2) is 19.0 Å². The zero-order chi connectivity index (χ0) is 21.8. The molecule has 8 heteroatoms. The van der Waals surface area contributed by atoms with Crippen LogP contribution < -0.4 is 11.0 Å². The highest BCUT2D eigenvalue weighted by molar-refractivity contribution is 7.19. The fourth-order valence-electron chi connectivity index (χ4n) is 4.43. The van der Waals surface area contributed by atoms with Crippen LogP contribution in [0.3, 0.4) is 0 Å². The lowest BCUT2D eigenvalue weighted by molar-refractivity contribution is -0.117. The normalized spacial score (nSPS) is 16.5. The Morgan fingerprint density at radius 1 is 1.26 bits per heavy atom. The van der Waals surface area contributed by atoms with Crippen LogP contribution in [0.2, 0.25) is 0 Å². The van der Waals surface area contributed by atoms with Gasteiger partial charge in [0.05, 0.1) is 5.39 Å². The van der Waals surface area contributed by atoms with Gasteiger partial charge < -0.3 is 5.32 Å². The minimum Gasteiger partial charge on any atom is -0.324 e. The van der Waals surface area contributed by atoms with Crippen molar-refractivity contribution in [3.63, 3.8) is 0 Å². The molecule has 1 atom stereocenters. The second kappa shape index (κ2) is 7.30. The lowest BCUT2D eigenvalue weighted by atomic mass is 9.72. The summed E-state index contributed by atoms with van der Waals surface area (Å²) in [6.07, 6.45) is 4.73. The third kappa shape index (κ3) is 3.54. The number of aryl methyl sites for hydroxylation is 1. The van der Waals surface area contributed by atoms with Gasteiger partial charge in [-0.2, -0.15) is 4.98 Å². The Kier molecular flexibility index (Phi) is 4.69. The molecule has 0 radical (unpaired) electrons. The third-order valence-electron chi connectivity index (χ3n) is 6.23.